The largest absolute Gasteiger partial charge is 0.453 e. The summed E-state index contributed by atoms with van der Waals surface area (Å²) in [6.45, 7) is 0.294. The van der Waals surface area contributed by atoms with E-state index >= 15 is 0 Å². The molecule has 0 heterocycles. The van der Waals surface area contributed by atoms with Gasteiger partial charge in [-0.3, -0.25) is 4.79 Å². The van der Waals surface area contributed by atoms with E-state index in [2.05, 4.69) is 11.2 Å². The molecule has 4 saturated carbocycles. The van der Waals surface area contributed by atoms with Crippen LogP contribution >= 0.6 is 0 Å². The average Bonchev–Trinajstić information content (AvgIpc) is 3.07. The van der Waals surface area contributed by atoms with E-state index in [1.54, 1.807) is 14.2 Å². The van der Waals surface area contributed by atoms with Crippen LogP contribution in [0.2, 0.25) is 0 Å². The number of alkyl carbamates (subject to hydrolysis) is 1. The summed E-state index contributed by atoms with van der Waals surface area (Å²) in [5, 5.41) is 3.33. The summed E-state index contributed by atoms with van der Waals surface area (Å²) < 4.78 is 28.6. The molecule has 0 saturated heterocycles. The minimum absolute atomic E-state index is 0.0305. The predicted octanol–water partition coefficient (Wildman–Crippen LogP) is 3.28. The lowest BCUT2D eigenvalue weighted by molar-refractivity contribution is -0.211. The maximum absolute atomic E-state index is 13.6. The summed E-state index contributed by atoms with van der Waals surface area (Å²) in [5.41, 5.74) is -1.37. The van der Waals surface area contributed by atoms with Gasteiger partial charge in [0.05, 0.1) is 24.4 Å². The van der Waals surface area contributed by atoms with Crippen molar-refractivity contribution in [1.29, 1.82) is 0 Å². The number of Topliss-reactive ketones (excluding diaryl/α,β-unsaturated/α-hetero) is 1. The zero-order valence-corrected chi connectivity index (χ0v) is 20.7. The third-order valence-electron chi connectivity index (χ3n) is 9.14. The highest BCUT2D eigenvalue weighted by Crippen LogP contribution is 2.67. The van der Waals surface area contributed by atoms with Crippen LogP contribution < -0.4 is 5.32 Å². The van der Waals surface area contributed by atoms with Gasteiger partial charge in [0.15, 0.2) is 0 Å². The highest BCUT2D eigenvalue weighted by atomic mass is 16.7. The monoisotopic (exact) mass is 477 g/mol. The summed E-state index contributed by atoms with van der Waals surface area (Å²) >= 11 is 0. The number of hydrogen-bond donors (Lipinski definition) is 1. The normalized spacial score (nSPS) is 40.7. The number of methoxy groups -OCH3 is 3. The van der Waals surface area contributed by atoms with Gasteiger partial charge < -0.3 is 29.0 Å². The Morgan fingerprint density at radius 1 is 1.18 bits per heavy atom. The van der Waals surface area contributed by atoms with E-state index in [-0.39, 0.29) is 55.1 Å². The number of carbonyl (C=O) groups excluding carboxylic acids is 2. The second-order valence-electron chi connectivity index (χ2n) is 10.4. The van der Waals surface area contributed by atoms with Gasteiger partial charge in [0.1, 0.15) is 19.4 Å². The van der Waals surface area contributed by atoms with Crippen LogP contribution in [-0.2, 0) is 28.5 Å². The Morgan fingerprint density at radius 3 is 2.65 bits per heavy atom. The van der Waals surface area contributed by atoms with Crippen molar-refractivity contribution in [2.45, 2.75) is 75.0 Å². The van der Waals surface area contributed by atoms with Crippen molar-refractivity contribution in [3.8, 4) is 12.3 Å². The van der Waals surface area contributed by atoms with E-state index in [0.717, 1.165) is 25.7 Å². The number of terminal acetylenes is 1. The van der Waals surface area contributed by atoms with Crippen LogP contribution in [0.3, 0.4) is 0 Å². The predicted molar refractivity (Wildman–Crippen MR) is 124 cm³/mol. The van der Waals surface area contributed by atoms with Crippen molar-refractivity contribution in [3.63, 3.8) is 0 Å². The second-order valence-corrected chi connectivity index (χ2v) is 10.4. The Morgan fingerprint density at radius 2 is 1.94 bits per heavy atom. The van der Waals surface area contributed by atoms with Gasteiger partial charge in [-0.15, -0.1) is 12.3 Å². The van der Waals surface area contributed by atoms with Gasteiger partial charge >= 0.3 is 6.09 Å². The van der Waals surface area contributed by atoms with Gasteiger partial charge in [-0.1, -0.05) is 12.8 Å². The topological polar surface area (TPSA) is 92.3 Å². The molecule has 0 aromatic carbocycles. The van der Waals surface area contributed by atoms with Gasteiger partial charge in [-0.2, -0.15) is 0 Å². The van der Waals surface area contributed by atoms with Gasteiger partial charge in [0.25, 0.3) is 0 Å². The molecule has 0 spiro atoms. The quantitative estimate of drug-likeness (QED) is 0.402. The molecule has 2 bridgehead atoms. The third kappa shape index (κ3) is 4.05. The molecule has 4 aliphatic rings. The molecule has 0 radical (unpaired) electrons. The maximum Gasteiger partial charge on any atom is 0.407 e. The summed E-state index contributed by atoms with van der Waals surface area (Å²) in [6, 6.07) is 0. The minimum atomic E-state index is -0.773. The van der Waals surface area contributed by atoms with Crippen molar-refractivity contribution >= 4 is 11.9 Å². The Hall–Kier alpha value is -1.66. The Bertz CT molecular complexity index is 797. The molecular formula is C26H39NO7. The van der Waals surface area contributed by atoms with E-state index in [1.807, 2.05) is 0 Å². The van der Waals surface area contributed by atoms with Crippen molar-refractivity contribution < 1.29 is 33.3 Å². The Labute approximate surface area is 202 Å². The number of rotatable bonds is 9. The first kappa shape index (κ1) is 25.4. The number of ketones is 1. The number of amides is 1. The fraction of sp³-hybridized carbons (Fsp3) is 0.846. The lowest BCUT2D eigenvalue weighted by Crippen LogP contribution is -2.68. The fourth-order valence-corrected chi connectivity index (χ4v) is 8.15. The lowest BCUT2D eigenvalue weighted by Gasteiger charge is -2.58. The molecule has 8 nitrogen and oxygen atoms in total. The molecular weight excluding hydrogens is 438 g/mol. The standard InChI is InChI=1S/C26H39NO7/c1-5-6-10-20-21(28)12-17-14-25(20,34-16-31-3)23-13-22(33-15-30-2)18-9-7-8-11-19(18)26(17,23)27-24(29)32-4/h1,17-20,22-23H,6-16H2,2-4H3,(H,27,29). The molecule has 190 valence electrons. The molecule has 4 fully saturated rings. The van der Waals surface area contributed by atoms with E-state index in [4.69, 9.17) is 30.1 Å². The van der Waals surface area contributed by atoms with Crippen molar-refractivity contribution in [1.82, 2.24) is 5.32 Å². The first-order chi connectivity index (χ1) is 16.5. The number of hydrogen-bond acceptors (Lipinski definition) is 7. The summed E-state index contributed by atoms with van der Waals surface area (Å²) in [4.78, 5) is 26.4. The molecule has 0 aromatic heterocycles. The molecule has 8 unspecified atom stereocenters. The SMILES string of the molecule is C#CCCC1C(=O)CC2CC1(OCOC)C1CC(OCOC)C3CCCCC3C21NC(=O)OC. The lowest BCUT2D eigenvalue weighted by atomic mass is 9.54. The zero-order valence-electron chi connectivity index (χ0n) is 20.7. The molecule has 0 aliphatic heterocycles. The Kier molecular flexibility index (Phi) is 7.88. The van der Waals surface area contributed by atoms with Crippen LogP contribution in [-0.4, -0.2) is 64.0 Å². The van der Waals surface area contributed by atoms with Crippen LogP contribution in [0.5, 0.6) is 0 Å². The van der Waals surface area contributed by atoms with Crippen LogP contribution in [0.1, 0.15) is 57.8 Å². The van der Waals surface area contributed by atoms with E-state index in [1.165, 1.54) is 7.11 Å². The highest BCUT2D eigenvalue weighted by Gasteiger charge is 2.74. The minimum Gasteiger partial charge on any atom is -0.453 e. The van der Waals surface area contributed by atoms with Gasteiger partial charge in [-0.25, -0.2) is 4.79 Å². The number of ether oxygens (including phenoxy) is 5. The van der Waals surface area contributed by atoms with Gasteiger partial charge in [0.2, 0.25) is 0 Å². The van der Waals surface area contributed by atoms with E-state index < -0.39 is 17.2 Å². The maximum atomic E-state index is 13.6. The molecule has 8 atom stereocenters. The first-order valence-corrected chi connectivity index (χ1v) is 12.5. The van der Waals surface area contributed by atoms with Crippen molar-refractivity contribution in [2.24, 2.45) is 29.6 Å². The summed E-state index contributed by atoms with van der Waals surface area (Å²) in [5.74, 6) is 2.81. The number of nitrogens with one attached hydrogen (secondary N) is 1. The third-order valence-corrected chi connectivity index (χ3v) is 9.14. The summed E-state index contributed by atoms with van der Waals surface area (Å²) in [6.07, 6.45) is 12.2. The van der Waals surface area contributed by atoms with Crippen LogP contribution in [0, 0.1) is 41.9 Å². The van der Waals surface area contributed by atoms with Crippen LogP contribution in [0.4, 0.5) is 4.79 Å². The zero-order chi connectivity index (χ0) is 24.3. The van der Waals surface area contributed by atoms with Gasteiger partial charge in [-0.05, 0) is 49.9 Å². The average molecular weight is 478 g/mol. The molecule has 4 aliphatic carbocycles. The van der Waals surface area contributed by atoms with Crippen molar-refractivity contribution in [2.75, 3.05) is 34.9 Å². The van der Waals surface area contributed by atoms with Crippen LogP contribution in [0.15, 0.2) is 0 Å². The van der Waals surface area contributed by atoms with Crippen molar-refractivity contribution in [3.05, 3.63) is 0 Å². The number of fused-ring (bicyclic) bond motifs is 7. The molecule has 34 heavy (non-hydrogen) atoms. The van der Waals surface area contributed by atoms with E-state index in [9.17, 15) is 9.59 Å². The molecule has 1 N–H and O–H groups in total. The molecule has 0 aromatic rings. The number of carbonyl (C=O) groups is 2. The smallest absolute Gasteiger partial charge is 0.407 e. The first-order valence-electron chi connectivity index (χ1n) is 12.5. The van der Waals surface area contributed by atoms with Crippen LogP contribution in [0.25, 0.3) is 0 Å². The molecule has 8 heteroatoms. The molecule has 4 rings (SSSR count). The highest BCUT2D eigenvalue weighted by molar-refractivity contribution is 5.85. The van der Waals surface area contributed by atoms with Gasteiger partial charge in [0, 0.05) is 38.9 Å². The molecule has 1 amide bonds. The Balaban J connectivity index is 1.84. The summed E-state index contributed by atoms with van der Waals surface area (Å²) in [7, 11) is 4.61. The second kappa shape index (κ2) is 10.5. The fourth-order valence-electron chi connectivity index (χ4n) is 8.15. The van der Waals surface area contributed by atoms with E-state index in [0.29, 0.717) is 32.1 Å².